The number of halogens is 1. The van der Waals surface area contributed by atoms with Gasteiger partial charge in [-0.2, -0.15) is 4.98 Å². The Hall–Kier alpha value is -2.10. The summed E-state index contributed by atoms with van der Waals surface area (Å²) < 4.78 is 32.2. The van der Waals surface area contributed by atoms with E-state index >= 15 is 0 Å². The van der Waals surface area contributed by atoms with Crippen LogP contribution in [0.5, 0.6) is 5.75 Å². The minimum atomic E-state index is -3.30. The lowest BCUT2D eigenvalue weighted by atomic mass is 9.91. The van der Waals surface area contributed by atoms with Crippen LogP contribution in [0.1, 0.15) is 44.1 Å². The Morgan fingerprint density at radius 1 is 1.13 bits per heavy atom. The monoisotopic (exact) mass is 465 g/mol. The third-order valence-corrected chi connectivity index (χ3v) is 6.64. The van der Waals surface area contributed by atoms with Gasteiger partial charge in [-0.1, -0.05) is 36.6 Å². The quantitative estimate of drug-likeness (QED) is 0.594. The van der Waals surface area contributed by atoms with E-state index in [1.54, 1.807) is 6.20 Å². The molecule has 2 aliphatic rings. The zero-order valence-corrected chi connectivity index (χ0v) is 19.1. The number of aromatic nitrogens is 2. The highest BCUT2D eigenvalue weighted by atomic mass is 35.5. The molecule has 1 aromatic heterocycles. The number of ether oxygens (including phenoxy) is 1. The van der Waals surface area contributed by atoms with Crippen LogP contribution in [-0.4, -0.2) is 43.3 Å². The highest BCUT2D eigenvalue weighted by Gasteiger charge is 2.28. The van der Waals surface area contributed by atoms with Gasteiger partial charge in [0.15, 0.2) is 5.82 Å². The second kappa shape index (κ2) is 9.58. The lowest BCUT2D eigenvalue weighted by Gasteiger charge is -2.32. The molecule has 0 amide bonds. The van der Waals surface area contributed by atoms with E-state index < -0.39 is 10.0 Å². The molecule has 2 heterocycles. The number of para-hydroxylation sites is 1. The Morgan fingerprint density at radius 3 is 2.74 bits per heavy atom. The van der Waals surface area contributed by atoms with E-state index in [9.17, 15) is 8.42 Å². The van der Waals surface area contributed by atoms with E-state index in [2.05, 4.69) is 31.4 Å². The fourth-order valence-corrected chi connectivity index (χ4v) is 5.16. The van der Waals surface area contributed by atoms with Crippen LogP contribution >= 0.6 is 11.6 Å². The van der Waals surface area contributed by atoms with Crippen LogP contribution < -0.4 is 20.1 Å². The number of fused-ring (bicyclic) bond motifs is 1. The third kappa shape index (κ3) is 5.78. The highest BCUT2D eigenvalue weighted by molar-refractivity contribution is 7.88. The molecule has 168 valence electrons. The van der Waals surface area contributed by atoms with Gasteiger partial charge < -0.3 is 15.4 Å². The van der Waals surface area contributed by atoms with Crippen molar-refractivity contribution >= 4 is 39.1 Å². The van der Waals surface area contributed by atoms with Crippen LogP contribution in [0.15, 0.2) is 24.4 Å². The second-order valence-corrected chi connectivity index (χ2v) is 10.3. The molecular weight excluding hydrogens is 438 g/mol. The number of hydrogen-bond donors (Lipinski definition) is 3. The van der Waals surface area contributed by atoms with Gasteiger partial charge in [-0.25, -0.2) is 18.1 Å². The van der Waals surface area contributed by atoms with Crippen LogP contribution in [0.3, 0.4) is 0 Å². The van der Waals surface area contributed by atoms with E-state index in [1.165, 1.54) is 11.8 Å². The Morgan fingerprint density at radius 2 is 1.94 bits per heavy atom. The number of benzene rings is 1. The van der Waals surface area contributed by atoms with Gasteiger partial charge in [0.25, 0.3) is 0 Å². The molecule has 0 unspecified atom stereocenters. The SMILES string of the molecule is CS(=O)(=O)N[C@@H]1CCCC[C@H]1Nc1nc(Nc2cccc3c2OCCCC3)ncc1Cl. The summed E-state index contributed by atoms with van der Waals surface area (Å²) in [6, 6.07) is 5.72. The summed E-state index contributed by atoms with van der Waals surface area (Å²) in [5.74, 6) is 1.73. The maximum Gasteiger partial charge on any atom is 0.229 e. The second-order valence-electron chi connectivity index (χ2n) is 8.15. The van der Waals surface area contributed by atoms with Crippen molar-refractivity contribution in [1.29, 1.82) is 0 Å². The van der Waals surface area contributed by atoms with Crippen LogP contribution in [-0.2, 0) is 16.4 Å². The van der Waals surface area contributed by atoms with Crippen LogP contribution in [0.4, 0.5) is 17.5 Å². The van der Waals surface area contributed by atoms with E-state index in [1.807, 2.05) is 12.1 Å². The maximum atomic E-state index is 11.8. The summed E-state index contributed by atoms with van der Waals surface area (Å²) in [4.78, 5) is 8.88. The van der Waals surface area contributed by atoms with Gasteiger partial charge in [0, 0.05) is 12.1 Å². The molecule has 1 aliphatic heterocycles. The summed E-state index contributed by atoms with van der Waals surface area (Å²) in [5.41, 5.74) is 1.99. The number of sulfonamides is 1. The molecular formula is C21H28ClN5O3S. The molecule has 2 aromatic rings. The Balaban J connectivity index is 1.54. The fraction of sp³-hybridized carbons (Fsp3) is 0.524. The Kier molecular flexibility index (Phi) is 6.83. The summed E-state index contributed by atoms with van der Waals surface area (Å²) in [7, 11) is -3.30. The lowest BCUT2D eigenvalue weighted by Crippen LogP contribution is -2.48. The zero-order valence-electron chi connectivity index (χ0n) is 17.5. The van der Waals surface area contributed by atoms with Crippen LogP contribution in [0.2, 0.25) is 5.02 Å². The predicted molar refractivity (Wildman–Crippen MR) is 123 cm³/mol. The minimum Gasteiger partial charge on any atom is -0.491 e. The number of anilines is 3. The first kappa shape index (κ1) is 22.1. The van der Waals surface area contributed by atoms with Crippen LogP contribution in [0.25, 0.3) is 0 Å². The first-order valence-electron chi connectivity index (χ1n) is 10.7. The summed E-state index contributed by atoms with van der Waals surface area (Å²) in [6.07, 6.45) is 9.44. The molecule has 8 nitrogen and oxygen atoms in total. The molecule has 1 aliphatic carbocycles. The molecule has 0 saturated heterocycles. The number of nitrogens with zero attached hydrogens (tertiary/aromatic N) is 2. The van der Waals surface area contributed by atoms with E-state index in [0.29, 0.717) is 23.4 Å². The molecule has 1 fully saturated rings. The van der Waals surface area contributed by atoms with Gasteiger partial charge in [0.1, 0.15) is 10.8 Å². The smallest absolute Gasteiger partial charge is 0.229 e. The largest absolute Gasteiger partial charge is 0.491 e. The average Bonchev–Trinajstić information content (AvgIpc) is 2.97. The number of rotatable bonds is 6. The van der Waals surface area contributed by atoms with Crippen molar-refractivity contribution in [2.45, 2.75) is 57.0 Å². The molecule has 0 radical (unpaired) electrons. The number of hydrogen-bond acceptors (Lipinski definition) is 7. The average molecular weight is 466 g/mol. The van der Waals surface area contributed by atoms with Crippen molar-refractivity contribution in [2.75, 3.05) is 23.5 Å². The predicted octanol–water partition coefficient (Wildman–Crippen LogP) is 3.86. The summed E-state index contributed by atoms with van der Waals surface area (Å²) in [5, 5.41) is 6.98. The standard InChI is InChI=1S/C21H28ClN5O3S/c1-31(28,29)27-17-10-3-2-9-16(17)24-20-15(22)13-23-21(26-20)25-18-11-6-8-14-7-4-5-12-30-19(14)18/h6,8,11,13,16-17,27H,2-5,7,9-10,12H2,1H3,(H2,23,24,25,26)/t16-,17-/m1/s1. The van der Waals surface area contributed by atoms with Crippen molar-refractivity contribution in [2.24, 2.45) is 0 Å². The van der Waals surface area contributed by atoms with E-state index in [-0.39, 0.29) is 12.1 Å². The van der Waals surface area contributed by atoms with Gasteiger partial charge >= 0.3 is 0 Å². The van der Waals surface area contributed by atoms with Crippen molar-refractivity contribution in [1.82, 2.24) is 14.7 Å². The molecule has 0 spiro atoms. The third-order valence-electron chi connectivity index (χ3n) is 5.63. The van der Waals surface area contributed by atoms with Gasteiger partial charge in [-0.15, -0.1) is 0 Å². The molecule has 2 atom stereocenters. The summed E-state index contributed by atoms with van der Waals surface area (Å²) >= 11 is 6.36. The number of nitrogens with one attached hydrogen (secondary N) is 3. The number of aryl methyl sites for hydroxylation is 1. The van der Waals surface area contributed by atoms with Gasteiger partial charge in [0.05, 0.1) is 24.7 Å². The van der Waals surface area contributed by atoms with Crippen molar-refractivity contribution in [3.05, 3.63) is 35.0 Å². The van der Waals surface area contributed by atoms with Gasteiger partial charge in [-0.05, 0) is 43.7 Å². The fourth-order valence-electron chi connectivity index (χ4n) is 4.19. The molecule has 31 heavy (non-hydrogen) atoms. The molecule has 10 heteroatoms. The minimum absolute atomic E-state index is 0.0972. The van der Waals surface area contributed by atoms with Crippen molar-refractivity contribution < 1.29 is 13.2 Å². The first-order valence-corrected chi connectivity index (χ1v) is 12.9. The highest BCUT2D eigenvalue weighted by Crippen LogP contribution is 2.34. The van der Waals surface area contributed by atoms with E-state index in [4.69, 9.17) is 16.3 Å². The molecule has 1 saturated carbocycles. The molecule has 3 N–H and O–H groups in total. The molecule has 4 rings (SSSR count). The Labute approximate surface area is 188 Å². The maximum absolute atomic E-state index is 11.8. The summed E-state index contributed by atoms with van der Waals surface area (Å²) in [6.45, 7) is 0.691. The molecule has 0 bridgehead atoms. The topological polar surface area (TPSA) is 105 Å². The normalized spacial score (nSPS) is 21.5. The van der Waals surface area contributed by atoms with Crippen LogP contribution in [0, 0.1) is 0 Å². The molecule has 1 aromatic carbocycles. The van der Waals surface area contributed by atoms with Gasteiger partial charge in [0.2, 0.25) is 16.0 Å². The Bertz CT molecular complexity index is 1030. The van der Waals surface area contributed by atoms with Crippen molar-refractivity contribution in [3.63, 3.8) is 0 Å². The van der Waals surface area contributed by atoms with Crippen molar-refractivity contribution in [3.8, 4) is 5.75 Å². The first-order chi connectivity index (χ1) is 14.9. The lowest BCUT2D eigenvalue weighted by molar-refractivity contribution is 0.318. The van der Waals surface area contributed by atoms with E-state index in [0.717, 1.165) is 56.4 Å². The van der Waals surface area contributed by atoms with Gasteiger partial charge in [-0.3, -0.25) is 0 Å². The zero-order chi connectivity index (χ0) is 21.8.